The fraction of sp³-hybridized carbons (Fsp3) is 0.250. The Morgan fingerprint density at radius 1 is 0.895 bits per heavy atom. The molecule has 1 aliphatic rings. The number of hydrogen-bond donors (Lipinski definition) is 5. The maximum Gasteiger partial charge on any atom is 0.120 e. The van der Waals surface area contributed by atoms with E-state index in [0.29, 0.717) is 5.69 Å². The Labute approximate surface area is 230 Å². The van der Waals surface area contributed by atoms with Gasteiger partial charge in [-0.3, -0.25) is 0 Å². The third-order valence-electron chi connectivity index (χ3n) is 5.04. The van der Waals surface area contributed by atoms with Gasteiger partial charge in [0.2, 0.25) is 0 Å². The van der Waals surface area contributed by atoms with Crippen LogP contribution in [0, 0.1) is 5.41 Å². The second kappa shape index (κ2) is 21.1. The van der Waals surface area contributed by atoms with E-state index in [1.807, 2.05) is 82.1 Å². The number of anilines is 4. The Balaban J connectivity index is 0.000000511. The molecule has 0 aliphatic carbocycles. The van der Waals surface area contributed by atoms with Crippen LogP contribution >= 0.6 is 11.9 Å². The minimum Gasteiger partial charge on any atom is -0.497 e. The predicted octanol–water partition coefficient (Wildman–Crippen LogP) is 5.05. The number of carbonyl (C=O) groups excluding carboxylic acids is 2. The SMILES string of the molecule is C=O.C=O.CNc1cc(N)ccc1C=N.CNc1cccc(OC)c1.Nc1ccc(SN2CCCC2)cc1. The standard InChI is InChI=1S/C10H14N2S.C8H11N3.C8H11NO.2CH2O/c11-9-3-5-10(6-4-9)13-12-7-1-2-8-12;1-11-8-4-7(10)3-2-6(8)5-9;1-9-7-4-3-5-8(6-7)10-2;2*1-2/h3-6H,1-2,7-8,11H2;2-5,9,11H,10H2,1H3;3-6,9H,1-2H3;2*1H2. The van der Waals surface area contributed by atoms with Crippen LogP contribution in [-0.4, -0.2) is 58.4 Å². The van der Waals surface area contributed by atoms with E-state index in [1.165, 1.54) is 37.0 Å². The lowest BCUT2D eigenvalue weighted by atomic mass is 10.2. The number of nitrogens with zero attached hydrogens (tertiary/aromatic N) is 1. The summed E-state index contributed by atoms with van der Waals surface area (Å²) in [5.41, 5.74) is 15.5. The normalized spacial score (nSPS) is 11.3. The van der Waals surface area contributed by atoms with E-state index in [2.05, 4.69) is 27.1 Å². The number of ether oxygens (including phenoxy) is 1. The molecule has 0 radical (unpaired) electrons. The fourth-order valence-corrected chi connectivity index (χ4v) is 4.15. The van der Waals surface area contributed by atoms with Gasteiger partial charge in [0.05, 0.1) is 7.11 Å². The maximum atomic E-state index is 8.00. The molecule has 7 N–H and O–H groups in total. The number of nitrogens with two attached hydrogens (primary N) is 2. The molecule has 0 bridgehead atoms. The summed E-state index contributed by atoms with van der Waals surface area (Å²) in [6.45, 7) is 6.43. The molecule has 0 spiro atoms. The molecule has 1 saturated heterocycles. The van der Waals surface area contributed by atoms with E-state index in [4.69, 9.17) is 31.2 Å². The van der Waals surface area contributed by atoms with Gasteiger partial charge in [0.1, 0.15) is 19.3 Å². The van der Waals surface area contributed by atoms with Crippen molar-refractivity contribution in [2.75, 3.05) is 56.4 Å². The van der Waals surface area contributed by atoms with Crippen LogP contribution in [0.3, 0.4) is 0 Å². The number of hydrogen-bond acceptors (Lipinski definition) is 10. The molecule has 1 fully saturated rings. The van der Waals surface area contributed by atoms with Crippen LogP contribution in [0.4, 0.5) is 22.7 Å². The lowest BCUT2D eigenvalue weighted by molar-refractivity contribution is -0.0987. The summed E-state index contributed by atoms with van der Waals surface area (Å²) < 4.78 is 7.42. The molecule has 3 aromatic carbocycles. The van der Waals surface area contributed by atoms with Crippen LogP contribution in [0.25, 0.3) is 0 Å². The largest absolute Gasteiger partial charge is 0.497 e. The highest BCUT2D eigenvalue weighted by Crippen LogP contribution is 2.26. The van der Waals surface area contributed by atoms with Crippen molar-refractivity contribution in [1.82, 2.24) is 4.31 Å². The Bertz CT molecular complexity index is 1030. The molecule has 0 saturated carbocycles. The van der Waals surface area contributed by atoms with E-state index in [1.54, 1.807) is 19.2 Å². The predicted molar refractivity (Wildman–Crippen MR) is 163 cm³/mol. The van der Waals surface area contributed by atoms with Gasteiger partial charge in [-0.05, 0) is 79.4 Å². The van der Waals surface area contributed by atoms with Crippen molar-refractivity contribution in [2.45, 2.75) is 17.7 Å². The molecule has 1 aliphatic heterocycles. The van der Waals surface area contributed by atoms with Gasteiger partial charge in [0.25, 0.3) is 0 Å². The van der Waals surface area contributed by atoms with Crippen molar-refractivity contribution in [1.29, 1.82) is 5.41 Å². The number of nitrogens with one attached hydrogen (secondary N) is 3. The highest BCUT2D eigenvalue weighted by molar-refractivity contribution is 7.97. The Hall–Kier alpha value is -4.02. The maximum absolute atomic E-state index is 8.00. The molecule has 10 heteroatoms. The van der Waals surface area contributed by atoms with E-state index >= 15 is 0 Å². The molecule has 0 aromatic heterocycles. The highest BCUT2D eigenvalue weighted by atomic mass is 32.2. The lowest BCUT2D eigenvalue weighted by Gasteiger charge is -2.12. The van der Waals surface area contributed by atoms with E-state index in [9.17, 15) is 0 Å². The summed E-state index contributed by atoms with van der Waals surface area (Å²) in [7, 11) is 5.35. The zero-order valence-corrected chi connectivity index (χ0v) is 23.2. The van der Waals surface area contributed by atoms with Gasteiger partial charge in [-0.25, -0.2) is 4.31 Å². The lowest BCUT2D eigenvalue weighted by Crippen LogP contribution is -2.08. The average Bonchev–Trinajstić information content (AvgIpc) is 3.50. The Morgan fingerprint density at radius 2 is 1.50 bits per heavy atom. The molecule has 1 heterocycles. The molecular weight excluding hydrogens is 500 g/mol. The molecule has 4 rings (SSSR count). The topological polar surface area (TPSA) is 147 Å². The number of methoxy groups -OCH3 is 1. The van der Waals surface area contributed by atoms with Crippen LogP contribution in [0.2, 0.25) is 0 Å². The summed E-state index contributed by atoms with van der Waals surface area (Å²) >= 11 is 1.84. The first-order valence-electron chi connectivity index (χ1n) is 11.7. The number of nitrogen functional groups attached to an aromatic ring is 2. The first kappa shape index (κ1) is 34.0. The molecule has 9 nitrogen and oxygen atoms in total. The molecule has 3 aromatic rings. The van der Waals surface area contributed by atoms with Gasteiger partial charge in [-0.1, -0.05) is 6.07 Å². The fourth-order valence-electron chi connectivity index (χ4n) is 3.15. The minimum atomic E-state index is 0.708. The highest BCUT2D eigenvalue weighted by Gasteiger charge is 2.12. The van der Waals surface area contributed by atoms with Crippen molar-refractivity contribution in [2.24, 2.45) is 0 Å². The first-order chi connectivity index (χ1) is 18.5. The van der Waals surface area contributed by atoms with Gasteiger partial charge in [-0.2, -0.15) is 0 Å². The van der Waals surface area contributed by atoms with Crippen LogP contribution in [0.5, 0.6) is 5.75 Å². The summed E-state index contributed by atoms with van der Waals surface area (Å²) in [6.07, 6.45) is 3.97. The van der Waals surface area contributed by atoms with Gasteiger partial charge >= 0.3 is 0 Å². The van der Waals surface area contributed by atoms with Gasteiger partial charge < -0.3 is 41.8 Å². The summed E-state index contributed by atoms with van der Waals surface area (Å²) in [5.74, 6) is 0.881. The zero-order chi connectivity index (χ0) is 28.8. The number of rotatable bonds is 6. The summed E-state index contributed by atoms with van der Waals surface area (Å²) in [5, 5.41) is 13.0. The molecule has 0 atom stereocenters. The zero-order valence-electron chi connectivity index (χ0n) is 22.4. The smallest absolute Gasteiger partial charge is 0.120 e. The van der Waals surface area contributed by atoms with Crippen LogP contribution < -0.4 is 26.8 Å². The van der Waals surface area contributed by atoms with E-state index < -0.39 is 0 Å². The van der Waals surface area contributed by atoms with E-state index in [-0.39, 0.29) is 0 Å². The third-order valence-corrected chi connectivity index (χ3v) is 6.15. The van der Waals surface area contributed by atoms with Crippen LogP contribution in [-0.2, 0) is 9.59 Å². The van der Waals surface area contributed by atoms with Crippen LogP contribution in [0.15, 0.2) is 71.6 Å². The van der Waals surface area contributed by atoms with Gasteiger partial charge in [-0.15, -0.1) is 0 Å². The van der Waals surface area contributed by atoms with Gasteiger partial charge in [0, 0.05) is 72.7 Å². The molecule has 0 amide bonds. The molecular formula is C28H40N6O3S. The van der Waals surface area contributed by atoms with Crippen molar-refractivity contribution in [3.05, 3.63) is 72.3 Å². The van der Waals surface area contributed by atoms with Crippen molar-refractivity contribution in [3.8, 4) is 5.75 Å². The molecule has 0 unspecified atom stereocenters. The number of benzene rings is 3. The monoisotopic (exact) mass is 540 g/mol. The molecule has 38 heavy (non-hydrogen) atoms. The van der Waals surface area contributed by atoms with E-state index in [0.717, 1.165) is 28.4 Å². The van der Waals surface area contributed by atoms with Crippen molar-refractivity contribution < 1.29 is 14.3 Å². The van der Waals surface area contributed by atoms with Gasteiger partial charge in [0.15, 0.2) is 0 Å². The Morgan fingerprint density at radius 3 is 2.03 bits per heavy atom. The van der Waals surface area contributed by atoms with Crippen molar-refractivity contribution in [3.63, 3.8) is 0 Å². The summed E-state index contributed by atoms with van der Waals surface area (Å²) in [4.78, 5) is 17.3. The molecule has 206 valence electrons. The quantitative estimate of drug-likeness (QED) is 0.165. The average molecular weight is 541 g/mol. The second-order valence-corrected chi connectivity index (χ2v) is 8.69. The Kier molecular flexibility index (Phi) is 18.9. The minimum absolute atomic E-state index is 0.708. The first-order valence-corrected chi connectivity index (χ1v) is 12.5. The second-order valence-electron chi connectivity index (χ2n) is 7.52. The van der Waals surface area contributed by atoms with Crippen molar-refractivity contribution >= 4 is 54.5 Å². The third kappa shape index (κ3) is 13.3. The van der Waals surface area contributed by atoms with Crippen LogP contribution in [0.1, 0.15) is 18.4 Å². The summed E-state index contributed by atoms with van der Waals surface area (Å²) in [6, 6.07) is 21.3. The number of carbonyl (C=O) groups is 2.